The van der Waals surface area contributed by atoms with Crippen LogP contribution >= 0.6 is 11.6 Å². The van der Waals surface area contributed by atoms with E-state index in [9.17, 15) is 4.79 Å². The van der Waals surface area contributed by atoms with Crippen molar-refractivity contribution >= 4 is 17.5 Å². The molecule has 1 aromatic rings. The standard InChI is InChI=1S/C14H19ClN2O/c1-9(12-7-16-8-12)14(18)17-10(2)11-4-3-5-13(15)6-11/h3-6,9-10,12,16H,7-8H2,1-2H3,(H,17,18)/t9?,10-/m0/s1. The lowest BCUT2D eigenvalue weighted by Crippen LogP contribution is -2.49. The summed E-state index contributed by atoms with van der Waals surface area (Å²) in [4.78, 5) is 12.1. The van der Waals surface area contributed by atoms with E-state index in [4.69, 9.17) is 11.6 Å². The molecule has 4 heteroatoms. The Bertz CT molecular complexity index is 432. The van der Waals surface area contributed by atoms with E-state index in [-0.39, 0.29) is 17.9 Å². The van der Waals surface area contributed by atoms with Gasteiger partial charge in [-0.1, -0.05) is 30.7 Å². The molecule has 1 heterocycles. The molecule has 1 aromatic carbocycles. The monoisotopic (exact) mass is 266 g/mol. The number of carbonyl (C=O) groups excluding carboxylic acids is 1. The number of hydrogen-bond acceptors (Lipinski definition) is 2. The van der Waals surface area contributed by atoms with Crippen LogP contribution in [0.1, 0.15) is 25.5 Å². The van der Waals surface area contributed by atoms with Crippen molar-refractivity contribution in [3.8, 4) is 0 Å². The van der Waals surface area contributed by atoms with Crippen molar-refractivity contribution in [3.05, 3.63) is 34.9 Å². The number of nitrogens with one attached hydrogen (secondary N) is 2. The fourth-order valence-electron chi connectivity index (χ4n) is 2.08. The molecular formula is C14H19ClN2O. The molecule has 0 aromatic heterocycles. The first-order valence-electron chi connectivity index (χ1n) is 6.34. The highest BCUT2D eigenvalue weighted by Gasteiger charge is 2.29. The van der Waals surface area contributed by atoms with Gasteiger partial charge in [0, 0.05) is 10.9 Å². The minimum absolute atomic E-state index is 0.00770. The molecule has 18 heavy (non-hydrogen) atoms. The Balaban J connectivity index is 1.94. The van der Waals surface area contributed by atoms with E-state index in [2.05, 4.69) is 10.6 Å². The van der Waals surface area contributed by atoms with Crippen LogP contribution in [-0.2, 0) is 4.79 Å². The molecule has 0 radical (unpaired) electrons. The van der Waals surface area contributed by atoms with Crippen LogP contribution in [0.15, 0.2) is 24.3 Å². The maximum atomic E-state index is 12.1. The molecule has 1 aliphatic heterocycles. The quantitative estimate of drug-likeness (QED) is 0.879. The topological polar surface area (TPSA) is 41.1 Å². The summed E-state index contributed by atoms with van der Waals surface area (Å²) in [7, 11) is 0. The lowest BCUT2D eigenvalue weighted by atomic mass is 9.88. The van der Waals surface area contributed by atoms with Gasteiger partial charge in [0.05, 0.1) is 6.04 Å². The predicted molar refractivity (Wildman–Crippen MR) is 73.5 cm³/mol. The van der Waals surface area contributed by atoms with E-state index >= 15 is 0 Å². The molecule has 0 bridgehead atoms. The summed E-state index contributed by atoms with van der Waals surface area (Å²) >= 11 is 5.95. The smallest absolute Gasteiger partial charge is 0.223 e. The largest absolute Gasteiger partial charge is 0.349 e. The highest BCUT2D eigenvalue weighted by atomic mass is 35.5. The lowest BCUT2D eigenvalue weighted by Gasteiger charge is -2.32. The minimum Gasteiger partial charge on any atom is -0.349 e. The van der Waals surface area contributed by atoms with Crippen LogP contribution in [0.25, 0.3) is 0 Å². The molecule has 2 atom stereocenters. The van der Waals surface area contributed by atoms with Crippen molar-refractivity contribution in [2.75, 3.05) is 13.1 Å². The van der Waals surface area contributed by atoms with E-state index in [0.717, 1.165) is 18.7 Å². The molecule has 1 saturated heterocycles. The van der Waals surface area contributed by atoms with Crippen LogP contribution in [0, 0.1) is 11.8 Å². The Morgan fingerprint density at radius 2 is 2.17 bits per heavy atom. The van der Waals surface area contributed by atoms with Gasteiger partial charge in [-0.3, -0.25) is 4.79 Å². The van der Waals surface area contributed by atoms with Gasteiger partial charge in [-0.15, -0.1) is 0 Å². The van der Waals surface area contributed by atoms with Crippen molar-refractivity contribution in [2.24, 2.45) is 11.8 Å². The number of hydrogen-bond donors (Lipinski definition) is 2. The minimum atomic E-state index is -0.00770. The maximum Gasteiger partial charge on any atom is 0.223 e. The number of benzene rings is 1. The van der Waals surface area contributed by atoms with Gasteiger partial charge in [0.25, 0.3) is 0 Å². The summed E-state index contributed by atoms with van der Waals surface area (Å²) in [5.41, 5.74) is 1.04. The highest BCUT2D eigenvalue weighted by Crippen LogP contribution is 2.20. The molecule has 1 fully saturated rings. The molecule has 98 valence electrons. The zero-order chi connectivity index (χ0) is 13.1. The Morgan fingerprint density at radius 3 is 2.72 bits per heavy atom. The van der Waals surface area contributed by atoms with Crippen LogP contribution in [0.5, 0.6) is 0 Å². The average molecular weight is 267 g/mol. The first kappa shape index (κ1) is 13.4. The van der Waals surface area contributed by atoms with Crippen molar-refractivity contribution < 1.29 is 4.79 Å². The maximum absolute atomic E-state index is 12.1. The van der Waals surface area contributed by atoms with Crippen molar-refractivity contribution in [3.63, 3.8) is 0 Å². The number of carbonyl (C=O) groups is 1. The van der Waals surface area contributed by atoms with Crippen LogP contribution < -0.4 is 10.6 Å². The third kappa shape index (κ3) is 3.03. The second kappa shape index (κ2) is 5.72. The van der Waals surface area contributed by atoms with Crippen LogP contribution in [0.4, 0.5) is 0 Å². The molecule has 2 N–H and O–H groups in total. The summed E-state index contributed by atoms with van der Waals surface area (Å²) in [6.07, 6.45) is 0. The second-order valence-electron chi connectivity index (χ2n) is 4.99. The second-order valence-corrected chi connectivity index (χ2v) is 5.43. The lowest BCUT2D eigenvalue weighted by molar-refractivity contribution is -0.127. The number of amides is 1. The first-order chi connectivity index (χ1) is 8.58. The normalized spacial score (nSPS) is 18.8. The number of halogens is 1. The molecule has 1 amide bonds. The molecule has 1 aliphatic rings. The summed E-state index contributed by atoms with van der Waals surface area (Å²) in [5, 5.41) is 6.94. The van der Waals surface area contributed by atoms with Gasteiger partial charge < -0.3 is 10.6 Å². The Kier molecular flexibility index (Phi) is 4.25. The number of rotatable bonds is 4. The van der Waals surface area contributed by atoms with Crippen molar-refractivity contribution in [1.82, 2.24) is 10.6 Å². The Hall–Kier alpha value is -1.06. The van der Waals surface area contributed by atoms with Crippen LogP contribution in [0.2, 0.25) is 5.02 Å². The van der Waals surface area contributed by atoms with Gasteiger partial charge in [-0.2, -0.15) is 0 Å². The average Bonchev–Trinajstić information content (AvgIpc) is 2.26. The van der Waals surface area contributed by atoms with E-state index in [1.54, 1.807) is 0 Å². The van der Waals surface area contributed by atoms with Crippen molar-refractivity contribution in [2.45, 2.75) is 19.9 Å². The third-order valence-corrected chi connectivity index (χ3v) is 3.88. The summed E-state index contributed by atoms with van der Waals surface area (Å²) in [5.74, 6) is 0.651. The Morgan fingerprint density at radius 1 is 1.44 bits per heavy atom. The zero-order valence-electron chi connectivity index (χ0n) is 10.7. The Labute approximate surface area is 113 Å². The van der Waals surface area contributed by atoms with Gasteiger partial charge in [0.2, 0.25) is 5.91 Å². The van der Waals surface area contributed by atoms with Gasteiger partial charge >= 0.3 is 0 Å². The van der Waals surface area contributed by atoms with Gasteiger partial charge in [0.1, 0.15) is 0 Å². The fraction of sp³-hybridized carbons (Fsp3) is 0.500. The SMILES string of the molecule is CC(C(=O)N[C@@H](C)c1cccc(Cl)c1)C1CNC1. The molecule has 0 aliphatic carbocycles. The molecule has 1 unspecified atom stereocenters. The van der Waals surface area contributed by atoms with E-state index in [1.807, 2.05) is 38.1 Å². The summed E-state index contributed by atoms with van der Waals surface area (Å²) in [6, 6.07) is 7.60. The highest BCUT2D eigenvalue weighted by molar-refractivity contribution is 6.30. The molecule has 2 rings (SSSR count). The van der Waals surface area contributed by atoms with E-state index in [1.165, 1.54) is 0 Å². The van der Waals surface area contributed by atoms with Crippen LogP contribution in [-0.4, -0.2) is 19.0 Å². The third-order valence-electron chi connectivity index (χ3n) is 3.64. The van der Waals surface area contributed by atoms with Gasteiger partial charge in [-0.25, -0.2) is 0 Å². The molecule has 0 spiro atoms. The van der Waals surface area contributed by atoms with E-state index in [0.29, 0.717) is 10.9 Å². The van der Waals surface area contributed by atoms with Gasteiger partial charge in [0.15, 0.2) is 0 Å². The molecule has 3 nitrogen and oxygen atoms in total. The molecule has 0 saturated carbocycles. The fourth-order valence-corrected chi connectivity index (χ4v) is 2.28. The van der Waals surface area contributed by atoms with Gasteiger partial charge in [-0.05, 0) is 43.6 Å². The first-order valence-corrected chi connectivity index (χ1v) is 6.72. The van der Waals surface area contributed by atoms with Crippen molar-refractivity contribution in [1.29, 1.82) is 0 Å². The predicted octanol–water partition coefficient (Wildman–Crippen LogP) is 2.37. The summed E-state index contributed by atoms with van der Waals surface area (Å²) < 4.78 is 0. The van der Waals surface area contributed by atoms with Crippen LogP contribution in [0.3, 0.4) is 0 Å². The summed E-state index contributed by atoms with van der Waals surface area (Å²) in [6.45, 7) is 5.86. The zero-order valence-corrected chi connectivity index (χ0v) is 11.5. The molecular weight excluding hydrogens is 248 g/mol. The van der Waals surface area contributed by atoms with E-state index < -0.39 is 0 Å².